The van der Waals surface area contributed by atoms with Gasteiger partial charge in [0.25, 0.3) is 0 Å². The monoisotopic (exact) mass is 192 g/mol. The minimum absolute atomic E-state index is 0.218. The van der Waals surface area contributed by atoms with Gasteiger partial charge in [-0.1, -0.05) is 6.07 Å². The largest absolute Gasteiger partial charge is 0.433 e. The van der Waals surface area contributed by atoms with Crippen LogP contribution >= 0.6 is 0 Å². The van der Waals surface area contributed by atoms with Gasteiger partial charge in [-0.2, -0.15) is 13.2 Å². The maximum atomic E-state index is 12.2. The Bertz CT molecular complexity index is 311. The normalized spacial score (nSPS) is 11.7. The molecule has 0 saturated heterocycles. The van der Waals surface area contributed by atoms with E-state index in [1.54, 1.807) is 0 Å². The number of nitrogen functional groups attached to an aromatic ring is 1. The van der Waals surface area contributed by atoms with Crippen molar-refractivity contribution in [2.45, 2.75) is 12.8 Å². The number of pyridine rings is 1. The van der Waals surface area contributed by atoms with Crippen LogP contribution in [0.25, 0.3) is 0 Å². The molecule has 0 spiro atoms. The van der Waals surface area contributed by atoms with Gasteiger partial charge in [0.2, 0.25) is 0 Å². The zero-order valence-corrected chi connectivity index (χ0v) is 6.47. The molecule has 0 amide bonds. The minimum atomic E-state index is -4.58. The highest BCUT2D eigenvalue weighted by atomic mass is 19.4. The van der Waals surface area contributed by atoms with Crippen molar-refractivity contribution in [1.82, 2.24) is 4.98 Å². The molecule has 0 aliphatic carbocycles. The van der Waals surface area contributed by atoms with Gasteiger partial charge >= 0.3 is 6.18 Å². The molecule has 0 aliphatic heterocycles. The lowest BCUT2D eigenvalue weighted by Gasteiger charge is -2.09. The first-order valence-electron chi connectivity index (χ1n) is 3.38. The van der Waals surface area contributed by atoms with Crippen LogP contribution in [0.4, 0.5) is 19.0 Å². The van der Waals surface area contributed by atoms with E-state index in [2.05, 4.69) is 4.98 Å². The Morgan fingerprint density at radius 2 is 2.00 bits per heavy atom. The molecule has 13 heavy (non-hydrogen) atoms. The molecule has 72 valence electrons. The van der Waals surface area contributed by atoms with Crippen LogP contribution in [0.5, 0.6) is 0 Å². The first-order valence-corrected chi connectivity index (χ1v) is 3.38. The maximum absolute atomic E-state index is 12.2. The van der Waals surface area contributed by atoms with Crippen LogP contribution in [-0.4, -0.2) is 10.1 Å². The molecule has 0 radical (unpaired) electrons. The summed E-state index contributed by atoms with van der Waals surface area (Å²) >= 11 is 0. The lowest BCUT2D eigenvalue weighted by atomic mass is 10.2. The van der Waals surface area contributed by atoms with Gasteiger partial charge in [-0.25, -0.2) is 4.98 Å². The maximum Gasteiger partial charge on any atom is 0.433 e. The molecule has 0 aliphatic rings. The molecule has 0 saturated carbocycles. The number of hydrogen-bond donors (Lipinski definition) is 2. The molecule has 3 nitrogen and oxygen atoms in total. The Morgan fingerprint density at radius 3 is 2.46 bits per heavy atom. The summed E-state index contributed by atoms with van der Waals surface area (Å²) in [6, 6.07) is 2.31. The van der Waals surface area contributed by atoms with E-state index in [4.69, 9.17) is 10.8 Å². The van der Waals surface area contributed by atoms with Crippen LogP contribution in [0.2, 0.25) is 0 Å². The highest BCUT2D eigenvalue weighted by Gasteiger charge is 2.35. The van der Waals surface area contributed by atoms with Crippen LogP contribution in [0.1, 0.15) is 11.3 Å². The Kier molecular flexibility index (Phi) is 2.42. The molecule has 1 rings (SSSR count). The number of nitrogens with zero attached hydrogens (tertiary/aromatic N) is 1. The molecule has 0 unspecified atom stereocenters. The number of rotatable bonds is 1. The summed E-state index contributed by atoms with van der Waals surface area (Å²) in [5.74, 6) is -0.218. The van der Waals surface area contributed by atoms with Crippen molar-refractivity contribution in [3.05, 3.63) is 23.4 Å². The summed E-state index contributed by atoms with van der Waals surface area (Å²) in [6.07, 6.45) is -4.58. The van der Waals surface area contributed by atoms with E-state index in [9.17, 15) is 13.2 Å². The molecule has 1 aromatic heterocycles. The average Bonchev–Trinajstić information content (AvgIpc) is 2.03. The molecule has 0 fully saturated rings. The highest BCUT2D eigenvalue weighted by Crippen LogP contribution is 2.30. The summed E-state index contributed by atoms with van der Waals surface area (Å²) in [6.45, 7) is -0.706. The fourth-order valence-corrected chi connectivity index (χ4v) is 0.876. The average molecular weight is 192 g/mol. The smallest absolute Gasteiger partial charge is 0.392 e. The molecular weight excluding hydrogens is 185 g/mol. The summed E-state index contributed by atoms with van der Waals surface area (Å²) in [4.78, 5) is 3.11. The van der Waals surface area contributed by atoms with Crippen molar-refractivity contribution < 1.29 is 18.3 Å². The Balaban J connectivity index is 3.24. The van der Waals surface area contributed by atoms with Crippen LogP contribution < -0.4 is 5.73 Å². The van der Waals surface area contributed by atoms with E-state index in [1.807, 2.05) is 0 Å². The topological polar surface area (TPSA) is 59.1 Å². The highest BCUT2D eigenvalue weighted by molar-refractivity contribution is 5.35. The van der Waals surface area contributed by atoms with Gasteiger partial charge in [0, 0.05) is 5.56 Å². The van der Waals surface area contributed by atoms with E-state index in [0.29, 0.717) is 0 Å². The molecular formula is C7H7F3N2O. The molecule has 1 aromatic rings. The zero-order chi connectivity index (χ0) is 10.1. The Labute approximate surface area is 72.0 Å². The van der Waals surface area contributed by atoms with E-state index in [1.165, 1.54) is 6.07 Å². The van der Waals surface area contributed by atoms with Gasteiger partial charge in [-0.05, 0) is 6.07 Å². The van der Waals surface area contributed by atoms with Gasteiger partial charge in [0.15, 0.2) is 5.69 Å². The second-order valence-electron chi connectivity index (χ2n) is 2.40. The second kappa shape index (κ2) is 3.21. The summed E-state index contributed by atoms with van der Waals surface area (Å²) in [5, 5.41) is 8.59. The third-order valence-electron chi connectivity index (χ3n) is 1.44. The van der Waals surface area contributed by atoms with Crippen LogP contribution in [0.3, 0.4) is 0 Å². The van der Waals surface area contributed by atoms with Crippen molar-refractivity contribution >= 4 is 5.82 Å². The number of aliphatic hydroxyl groups is 1. The van der Waals surface area contributed by atoms with Crippen molar-refractivity contribution in [2.24, 2.45) is 0 Å². The number of nitrogens with two attached hydrogens (primary N) is 1. The fraction of sp³-hybridized carbons (Fsp3) is 0.286. The standard InChI is InChI=1S/C7H7F3N2O/c8-7(9,10)6-4(3-13)1-2-5(11)12-6/h1-2,13H,3H2,(H2,11,12). The summed E-state index contributed by atoms with van der Waals surface area (Å²) in [5.41, 5.74) is 3.68. The minimum Gasteiger partial charge on any atom is -0.392 e. The van der Waals surface area contributed by atoms with Crippen molar-refractivity contribution in [3.63, 3.8) is 0 Å². The molecule has 0 atom stereocenters. The van der Waals surface area contributed by atoms with E-state index >= 15 is 0 Å². The van der Waals surface area contributed by atoms with Gasteiger partial charge in [-0.15, -0.1) is 0 Å². The predicted molar refractivity (Wildman–Crippen MR) is 39.6 cm³/mol. The number of aromatic nitrogens is 1. The fourth-order valence-electron chi connectivity index (χ4n) is 0.876. The molecule has 6 heteroatoms. The second-order valence-corrected chi connectivity index (χ2v) is 2.40. The number of hydrogen-bond acceptors (Lipinski definition) is 3. The van der Waals surface area contributed by atoms with E-state index < -0.39 is 18.5 Å². The van der Waals surface area contributed by atoms with Crippen molar-refractivity contribution in [1.29, 1.82) is 0 Å². The van der Waals surface area contributed by atoms with Crippen LogP contribution in [0, 0.1) is 0 Å². The molecule has 0 aromatic carbocycles. The third-order valence-corrected chi connectivity index (χ3v) is 1.44. The van der Waals surface area contributed by atoms with Crippen LogP contribution in [-0.2, 0) is 12.8 Å². The van der Waals surface area contributed by atoms with Gasteiger partial charge in [-0.3, -0.25) is 0 Å². The number of alkyl halides is 3. The molecule has 3 N–H and O–H groups in total. The van der Waals surface area contributed by atoms with Crippen molar-refractivity contribution in [3.8, 4) is 0 Å². The Morgan fingerprint density at radius 1 is 1.38 bits per heavy atom. The quantitative estimate of drug-likeness (QED) is 0.702. The first kappa shape index (κ1) is 9.79. The van der Waals surface area contributed by atoms with E-state index in [0.717, 1.165) is 6.07 Å². The summed E-state index contributed by atoms with van der Waals surface area (Å²) < 4.78 is 36.6. The number of halogens is 3. The predicted octanol–water partition coefficient (Wildman–Crippen LogP) is 1.17. The first-order chi connectivity index (χ1) is 5.95. The third kappa shape index (κ3) is 2.09. The summed E-state index contributed by atoms with van der Waals surface area (Å²) in [7, 11) is 0. The molecule has 0 bridgehead atoms. The van der Waals surface area contributed by atoms with Crippen LogP contribution in [0.15, 0.2) is 12.1 Å². The van der Waals surface area contributed by atoms with Gasteiger partial charge in [0.1, 0.15) is 5.82 Å². The van der Waals surface area contributed by atoms with Gasteiger partial charge < -0.3 is 10.8 Å². The molecule has 1 heterocycles. The lowest BCUT2D eigenvalue weighted by Crippen LogP contribution is -2.13. The zero-order valence-electron chi connectivity index (χ0n) is 6.47. The lowest BCUT2D eigenvalue weighted by molar-refractivity contribution is -0.142. The number of aliphatic hydroxyl groups excluding tert-OH is 1. The SMILES string of the molecule is Nc1ccc(CO)c(C(F)(F)F)n1. The van der Waals surface area contributed by atoms with E-state index in [-0.39, 0.29) is 11.4 Å². The van der Waals surface area contributed by atoms with Crippen molar-refractivity contribution in [2.75, 3.05) is 5.73 Å². The Hall–Kier alpha value is -1.30. The number of anilines is 1. The van der Waals surface area contributed by atoms with Gasteiger partial charge in [0.05, 0.1) is 6.61 Å².